The second kappa shape index (κ2) is 9.56. The molecule has 0 aliphatic rings. The summed E-state index contributed by atoms with van der Waals surface area (Å²) in [6.45, 7) is 4.40. The van der Waals surface area contributed by atoms with E-state index >= 15 is 0 Å². The Morgan fingerprint density at radius 1 is 1.06 bits per heavy atom. The standard InChI is InChI=1S/C24H24FN5O3/c1-16-23(17(2)30(27-16)14-18-5-4-6-21(13-18)32-3)26-24(31)22-11-12-29(28-22)15-33-20-9-7-19(25)8-10-20/h4-13H,14-15H2,1-3H3,(H,26,31). The van der Waals surface area contributed by atoms with Gasteiger partial charge in [-0.1, -0.05) is 12.1 Å². The number of nitrogens with one attached hydrogen (secondary N) is 1. The number of carbonyl (C=O) groups excluding carboxylic acids is 1. The van der Waals surface area contributed by atoms with Gasteiger partial charge in [-0.25, -0.2) is 9.07 Å². The summed E-state index contributed by atoms with van der Waals surface area (Å²) in [5.74, 6) is 0.606. The highest BCUT2D eigenvalue weighted by atomic mass is 19.1. The van der Waals surface area contributed by atoms with Gasteiger partial charge in [0.25, 0.3) is 5.91 Å². The second-order valence-corrected chi connectivity index (χ2v) is 7.48. The van der Waals surface area contributed by atoms with Crippen LogP contribution in [0.4, 0.5) is 10.1 Å². The summed E-state index contributed by atoms with van der Waals surface area (Å²) >= 11 is 0. The molecule has 4 aromatic rings. The molecule has 2 aromatic carbocycles. The Labute approximate surface area is 190 Å². The average molecular weight is 449 g/mol. The van der Waals surface area contributed by atoms with Crippen molar-refractivity contribution in [2.24, 2.45) is 0 Å². The first-order chi connectivity index (χ1) is 15.9. The van der Waals surface area contributed by atoms with Crippen LogP contribution in [-0.2, 0) is 13.3 Å². The normalized spacial score (nSPS) is 10.8. The van der Waals surface area contributed by atoms with E-state index in [0.29, 0.717) is 23.7 Å². The molecule has 0 saturated heterocycles. The maximum absolute atomic E-state index is 13.0. The van der Waals surface area contributed by atoms with Gasteiger partial charge in [-0.05, 0) is 61.9 Å². The van der Waals surface area contributed by atoms with Crippen LogP contribution >= 0.6 is 0 Å². The van der Waals surface area contributed by atoms with E-state index in [4.69, 9.17) is 9.47 Å². The van der Waals surface area contributed by atoms with Gasteiger partial charge < -0.3 is 14.8 Å². The van der Waals surface area contributed by atoms with E-state index in [1.807, 2.05) is 42.8 Å². The molecule has 2 heterocycles. The van der Waals surface area contributed by atoms with Gasteiger partial charge in [-0.2, -0.15) is 10.2 Å². The van der Waals surface area contributed by atoms with Gasteiger partial charge in [-0.15, -0.1) is 0 Å². The minimum absolute atomic E-state index is 0.0927. The zero-order chi connectivity index (χ0) is 23.4. The van der Waals surface area contributed by atoms with Crippen molar-refractivity contribution in [2.45, 2.75) is 27.1 Å². The Hall–Kier alpha value is -4.14. The number of ether oxygens (including phenoxy) is 2. The number of aromatic nitrogens is 4. The summed E-state index contributed by atoms with van der Waals surface area (Å²) in [6, 6.07) is 15.1. The summed E-state index contributed by atoms with van der Waals surface area (Å²) < 4.78 is 27.2. The third-order valence-electron chi connectivity index (χ3n) is 5.14. The van der Waals surface area contributed by atoms with E-state index in [9.17, 15) is 9.18 Å². The van der Waals surface area contributed by atoms with Crippen LogP contribution in [0.25, 0.3) is 0 Å². The van der Waals surface area contributed by atoms with Gasteiger partial charge in [0.05, 0.1) is 30.7 Å². The van der Waals surface area contributed by atoms with Crippen molar-refractivity contribution >= 4 is 11.6 Å². The third-order valence-corrected chi connectivity index (χ3v) is 5.14. The molecule has 0 fully saturated rings. The number of hydrogen-bond donors (Lipinski definition) is 1. The Balaban J connectivity index is 1.41. The minimum Gasteiger partial charge on any atom is -0.497 e. The lowest BCUT2D eigenvalue weighted by atomic mass is 10.2. The molecule has 0 radical (unpaired) electrons. The molecule has 0 aliphatic heterocycles. The van der Waals surface area contributed by atoms with Crippen LogP contribution < -0.4 is 14.8 Å². The summed E-state index contributed by atoms with van der Waals surface area (Å²) in [7, 11) is 1.63. The lowest BCUT2D eigenvalue weighted by Crippen LogP contribution is -2.15. The van der Waals surface area contributed by atoms with Gasteiger partial charge in [0.15, 0.2) is 12.4 Å². The molecule has 0 unspecified atom stereocenters. The van der Waals surface area contributed by atoms with E-state index in [0.717, 1.165) is 17.0 Å². The molecule has 8 nitrogen and oxygen atoms in total. The Morgan fingerprint density at radius 3 is 2.61 bits per heavy atom. The molecule has 0 bridgehead atoms. The zero-order valence-corrected chi connectivity index (χ0v) is 18.6. The predicted octanol–water partition coefficient (Wildman–Crippen LogP) is 4.18. The van der Waals surface area contributed by atoms with E-state index in [1.54, 1.807) is 19.4 Å². The lowest BCUT2D eigenvalue weighted by molar-refractivity contribution is 0.102. The number of rotatable bonds is 8. The topological polar surface area (TPSA) is 83.2 Å². The minimum atomic E-state index is -0.345. The Kier molecular flexibility index (Phi) is 6.39. The Morgan fingerprint density at radius 2 is 1.85 bits per heavy atom. The van der Waals surface area contributed by atoms with Crippen molar-refractivity contribution < 1.29 is 18.7 Å². The largest absolute Gasteiger partial charge is 0.497 e. The SMILES string of the molecule is COc1cccc(Cn2nc(C)c(NC(=O)c3ccn(COc4ccc(F)cc4)n3)c2C)c1. The zero-order valence-electron chi connectivity index (χ0n) is 18.6. The Bertz CT molecular complexity index is 1260. The summed E-state index contributed by atoms with van der Waals surface area (Å²) in [6.07, 6.45) is 1.64. The van der Waals surface area contributed by atoms with Crippen molar-refractivity contribution in [3.05, 3.63) is 89.3 Å². The molecule has 0 spiro atoms. The van der Waals surface area contributed by atoms with Crippen LogP contribution in [0.3, 0.4) is 0 Å². The average Bonchev–Trinajstić information content (AvgIpc) is 3.39. The number of hydrogen-bond acceptors (Lipinski definition) is 5. The van der Waals surface area contributed by atoms with Gasteiger partial charge >= 0.3 is 0 Å². The highest BCUT2D eigenvalue weighted by Gasteiger charge is 2.17. The summed E-state index contributed by atoms with van der Waals surface area (Å²) in [5.41, 5.74) is 3.49. The number of methoxy groups -OCH3 is 1. The monoisotopic (exact) mass is 449 g/mol. The van der Waals surface area contributed by atoms with Crippen LogP contribution in [0.1, 0.15) is 27.4 Å². The molecule has 0 aliphatic carbocycles. The fourth-order valence-electron chi connectivity index (χ4n) is 3.38. The first-order valence-electron chi connectivity index (χ1n) is 10.3. The number of benzene rings is 2. The van der Waals surface area contributed by atoms with E-state index in [-0.39, 0.29) is 24.1 Å². The predicted molar refractivity (Wildman–Crippen MR) is 121 cm³/mol. The number of halogens is 1. The van der Waals surface area contributed by atoms with E-state index in [2.05, 4.69) is 15.5 Å². The number of amides is 1. The van der Waals surface area contributed by atoms with E-state index < -0.39 is 0 Å². The number of aryl methyl sites for hydroxylation is 1. The van der Waals surface area contributed by atoms with Gasteiger partial charge in [0.2, 0.25) is 0 Å². The van der Waals surface area contributed by atoms with Gasteiger partial charge in [0.1, 0.15) is 17.3 Å². The smallest absolute Gasteiger partial charge is 0.276 e. The fraction of sp³-hybridized carbons (Fsp3) is 0.208. The molecule has 170 valence electrons. The maximum Gasteiger partial charge on any atom is 0.276 e. The molecular weight excluding hydrogens is 425 g/mol. The first-order valence-corrected chi connectivity index (χ1v) is 10.3. The maximum atomic E-state index is 13.0. The molecule has 0 saturated carbocycles. The lowest BCUT2D eigenvalue weighted by Gasteiger charge is -2.08. The van der Waals surface area contributed by atoms with Crippen LogP contribution in [0.2, 0.25) is 0 Å². The summed E-state index contributed by atoms with van der Waals surface area (Å²) in [5, 5.41) is 11.7. The highest BCUT2D eigenvalue weighted by Crippen LogP contribution is 2.22. The van der Waals surface area contributed by atoms with Crippen molar-refractivity contribution in [1.82, 2.24) is 19.6 Å². The van der Waals surface area contributed by atoms with Crippen molar-refractivity contribution in [3.63, 3.8) is 0 Å². The van der Waals surface area contributed by atoms with Gasteiger partial charge in [0, 0.05) is 6.20 Å². The molecule has 9 heteroatoms. The molecule has 1 amide bonds. The third kappa shape index (κ3) is 5.20. The quantitative estimate of drug-likeness (QED) is 0.436. The van der Waals surface area contributed by atoms with Crippen LogP contribution in [0, 0.1) is 19.7 Å². The van der Waals surface area contributed by atoms with Crippen molar-refractivity contribution in [2.75, 3.05) is 12.4 Å². The van der Waals surface area contributed by atoms with Gasteiger partial charge in [-0.3, -0.25) is 9.48 Å². The number of nitrogens with zero attached hydrogens (tertiary/aromatic N) is 4. The second-order valence-electron chi connectivity index (χ2n) is 7.48. The molecule has 4 rings (SSSR count). The van der Waals surface area contributed by atoms with Crippen molar-refractivity contribution in [3.8, 4) is 11.5 Å². The van der Waals surface area contributed by atoms with E-state index in [1.165, 1.54) is 28.9 Å². The number of anilines is 1. The molecule has 1 N–H and O–H groups in total. The molecule has 33 heavy (non-hydrogen) atoms. The first kappa shape index (κ1) is 22.1. The summed E-state index contributed by atoms with van der Waals surface area (Å²) in [4.78, 5) is 12.8. The van der Waals surface area contributed by atoms with Crippen LogP contribution in [0.15, 0.2) is 60.8 Å². The fourth-order valence-corrected chi connectivity index (χ4v) is 3.38. The van der Waals surface area contributed by atoms with Crippen molar-refractivity contribution in [1.29, 1.82) is 0 Å². The molecular formula is C24H24FN5O3. The van der Waals surface area contributed by atoms with Crippen LogP contribution in [0.5, 0.6) is 11.5 Å². The molecule has 2 aromatic heterocycles. The van der Waals surface area contributed by atoms with Crippen LogP contribution in [-0.4, -0.2) is 32.6 Å². The molecule has 0 atom stereocenters. The highest BCUT2D eigenvalue weighted by molar-refractivity contribution is 6.03. The number of carbonyl (C=O) groups is 1.